The van der Waals surface area contributed by atoms with E-state index in [2.05, 4.69) is 53.1 Å². The zero-order valence-electron chi connectivity index (χ0n) is 13.2. The largest absolute Gasteiger partial charge is 0.348 e. The molecule has 2 heterocycles. The molecule has 2 aromatic rings. The molecule has 116 valence electrons. The summed E-state index contributed by atoms with van der Waals surface area (Å²) >= 11 is 6.33. The monoisotopic (exact) mass is 315 g/mol. The lowest BCUT2D eigenvalue weighted by atomic mass is 10.0. The van der Waals surface area contributed by atoms with Gasteiger partial charge in [-0.15, -0.1) is 0 Å². The fourth-order valence-corrected chi connectivity index (χ4v) is 3.40. The number of pyridine rings is 1. The van der Waals surface area contributed by atoms with Gasteiger partial charge in [-0.2, -0.15) is 0 Å². The van der Waals surface area contributed by atoms with Gasteiger partial charge in [0, 0.05) is 19.3 Å². The van der Waals surface area contributed by atoms with Gasteiger partial charge in [0.2, 0.25) is 0 Å². The Balaban J connectivity index is 1.83. The molecule has 4 heteroatoms. The average Bonchev–Trinajstić information content (AvgIpc) is 2.97. The van der Waals surface area contributed by atoms with Crippen molar-refractivity contribution in [2.24, 2.45) is 0 Å². The maximum absolute atomic E-state index is 6.33. The van der Waals surface area contributed by atoms with Crippen molar-refractivity contribution in [2.45, 2.75) is 25.4 Å². The van der Waals surface area contributed by atoms with E-state index in [0.717, 1.165) is 30.4 Å². The second-order valence-corrected chi connectivity index (χ2v) is 6.55. The Morgan fingerprint density at radius 2 is 2.00 bits per heavy atom. The van der Waals surface area contributed by atoms with Gasteiger partial charge < -0.3 is 9.80 Å². The summed E-state index contributed by atoms with van der Waals surface area (Å²) in [7, 11) is 4.19. The quantitative estimate of drug-likeness (QED) is 0.845. The smallest absolute Gasteiger partial charge is 0.147 e. The number of nitrogens with zero attached hydrogens (tertiary/aromatic N) is 3. The van der Waals surface area contributed by atoms with Crippen molar-refractivity contribution in [1.29, 1.82) is 0 Å². The molecule has 1 fully saturated rings. The molecule has 3 rings (SSSR count). The Bertz CT molecular complexity index is 624. The highest BCUT2D eigenvalue weighted by Crippen LogP contribution is 2.37. The van der Waals surface area contributed by atoms with Crippen LogP contribution in [0.1, 0.15) is 30.0 Å². The summed E-state index contributed by atoms with van der Waals surface area (Å²) in [6.07, 6.45) is 4.15. The van der Waals surface area contributed by atoms with Crippen LogP contribution < -0.4 is 4.90 Å². The molecular formula is C18H22ClN3. The number of aromatic nitrogens is 1. The first-order valence-electron chi connectivity index (χ1n) is 7.76. The molecule has 0 N–H and O–H groups in total. The highest BCUT2D eigenvalue weighted by atomic mass is 35.5. The lowest BCUT2D eigenvalue weighted by Gasteiger charge is -2.27. The minimum Gasteiger partial charge on any atom is -0.348 e. The van der Waals surface area contributed by atoms with Crippen LogP contribution in [-0.4, -0.2) is 30.5 Å². The van der Waals surface area contributed by atoms with E-state index in [1.54, 1.807) is 0 Å². The second-order valence-electron chi connectivity index (χ2n) is 6.14. The van der Waals surface area contributed by atoms with Crippen LogP contribution in [0.4, 0.5) is 5.82 Å². The van der Waals surface area contributed by atoms with Crippen molar-refractivity contribution in [3.05, 3.63) is 58.7 Å². The maximum Gasteiger partial charge on any atom is 0.147 e. The van der Waals surface area contributed by atoms with Gasteiger partial charge in [0.25, 0.3) is 0 Å². The molecule has 1 saturated heterocycles. The minimum atomic E-state index is 0.376. The number of hydrogen-bond acceptors (Lipinski definition) is 3. The predicted octanol–water partition coefficient (Wildman–Crippen LogP) is 4.14. The third-order valence-electron chi connectivity index (χ3n) is 4.13. The van der Waals surface area contributed by atoms with Gasteiger partial charge in [0.15, 0.2) is 0 Å². The third-order valence-corrected chi connectivity index (χ3v) is 4.42. The highest BCUT2D eigenvalue weighted by molar-refractivity contribution is 6.32. The maximum atomic E-state index is 6.33. The molecule has 0 radical (unpaired) electrons. The van der Waals surface area contributed by atoms with Crippen molar-refractivity contribution in [2.75, 3.05) is 25.5 Å². The van der Waals surface area contributed by atoms with Gasteiger partial charge >= 0.3 is 0 Å². The number of anilines is 1. The number of halogens is 1. The van der Waals surface area contributed by atoms with Crippen molar-refractivity contribution in [1.82, 2.24) is 9.88 Å². The Labute approximate surface area is 137 Å². The van der Waals surface area contributed by atoms with Crippen LogP contribution in [0.5, 0.6) is 0 Å². The van der Waals surface area contributed by atoms with Crippen LogP contribution in [0.25, 0.3) is 0 Å². The van der Waals surface area contributed by atoms with Gasteiger partial charge in [0.05, 0.1) is 11.1 Å². The molecule has 1 atom stereocenters. The summed E-state index contributed by atoms with van der Waals surface area (Å²) in [6, 6.07) is 13.1. The van der Waals surface area contributed by atoms with E-state index in [0.29, 0.717) is 6.04 Å². The summed E-state index contributed by atoms with van der Waals surface area (Å²) in [4.78, 5) is 9.00. The molecule has 0 bridgehead atoms. The summed E-state index contributed by atoms with van der Waals surface area (Å²) in [5.74, 6) is 0.907. The molecular weight excluding hydrogens is 294 g/mol. The Morgan fingerprint density at radius 1 is 1.23 bits per heavy atom. The van der Waals surface area contributed by atoms with Crippen molar-refractivity contribution < 1.29 is 0 Å². The first kappa shape index (κ1) is 15.3. The number of rotatable bonds is 4. The summed E-state index contributed by atoms with van der Waals surface area (Å²) in [6.45, 7) is 1.99. The molecule has 1 aromatic heterocycles. The molecule has 0 saturated carbocycles. The number of hydrogen-bond donors (Lipinski definition) is 0. The van der Waals surface area contributed by atoms with Gasteiger partial charge in [-0.3, -0.25) is 0 Å². The first-order chi connectivity index (χ1) is 10.6. The first-order valence-corrected chi connectivity index (χ1v) is 8.13. The molecule has 1 aliphatic rings. The molecule has 0 aliphatic carbocycles. The molecule has 1 unspecified atom stereocenters. The molecule has 1 aliphatic heterocycles. The molecule has 0 amide bonds. The minimum absolute atomic E-state index is 0.376. The van der Waals surface area contributed by atoms with Crippen LogP contribution >= 0.6 is 11.6 Å². The van der Waals surface area contributed by atoms with E-state index in [1.165, 1.54) is 17.5 Å². The van der Waals surface area contributed by atoms with E-state index in [4.69, 9.17) is 11.6 Å². The van der Waals surface area contributed by atoms with E-state index < -0.39 is 0 Å². The normalized spacial score (nSPS) is 18.2. The summed E-state index contributed by atoms with van der Waals surface area (Å²) < 4.78 is 0. The van der Waals surface area contributed by atoms with E-state index >= 15 is 0 Å². The van der Waals surface area contributed by atoms with Crippen LogP contribution in [-0.2, 0) is 6.54 Å². The van der Waals surface area contributed by atoms with Gasteiger partial charge in [-0.1, -0.05) is 35.9 Å². The topological polar surface area (TPSA) is 19.4 Å². The zero-order valence-corrected chi connectivity index (χ0v) is 13.9. The van der Waals surface area contributed by atoms with Crippen molar-refractivity contribution in [3.8, 4) is 0 Å². The fraction of sp³-hybridized carbons (Fsp3) is 0.389. The summed E-state index contributed by atoms with van der Waals surface area (Å²) in [5.41, 5.74) is 2.69. The van der Waals surface area contributed by atoms with Gasteiger partial charge in [-0.05, 0) is 50.2 Å². The highest BCUT2D eigenvalue weighted by Gasteiger charge is 2.28. The Morgan fingerprint density at radius 3 is 2.68 bits per heavy atom. The molecule has 3 nitrogen and oxygen atoms in total. The van der Waals surface area contributed by atoms with Crippen LogP contribution in [0, 0.1) is 0 Å². The number of benzene rings is 1. The summed E-state index contributed by atoms with van der Waals surface area (Å²) in [5, 5.41) is 0.735. The lowest BCUT2D eigenvalue weighted by molar-refractivity contribution is 0.402. The van der Waals surface area contributed by atoms with E-state index in [-0.39, 0.29) is 0 Å². The standard InChI is InChI=1S/C18H22ClN3/c1-21(2)13-14-7-9-15(10-8-14)17-6-4-12-22(17)18-16(19)5-3-11-20-18/h3,5,7-11,17H,4,6,12-13H2,1-2H3. The Hall–Kier alpha value is -1.58. The molecule has 1 aromatic carbocycles. The molecule has 0 spiro atoms. The average molecular weight is 316 g/mol. The fourth-order valence-electron chi connectivity index (χ4n) is 3.17. The Kier molecular flexibility index (Phi) is 4.65. The lowest BCUT2D eigenvalue weighted by Crippen LogP contribution is -2.23. The SMILES string of the molecule is CN(C)Cc1ccc(C2CCCN2c2ncccc2Cl)cc1. The van der Waals surface area contributed by atoms with Crippen LogP contribution in [0.15, 0.2) is 42.6 Å². The van der Waals surface area contributed by atoms with Gasteiger partial charge in [0.1, 0.15) is 5.82 Å². The van der Waals surface area contributed by atoms with E-state index in [1.807, 2.05) is 18.3 Å². The second kappa shape index (κ2) is 6.67. The zero-order chi connectivity index (χ0) is 15.5. The van der Waals surface area contributed by atoms with Crippen LogP contribution in [0.2, 0.25) is 5.02 Å². The van der Waals surface area contributed by atoms with Crippen molar-refractivity contribution >= 4 is 17.4 Å². The van der Waals surface area contributed by atoms with E-state index in [9.17, 15) is 0 Å². The van der Waals surface area contributed by atoms with Gasteiger partial charge in [-0.25, -0.2) is 4.98 Å². The molecule has 22 heavy (non-hydrogen) atoms. The predicted molar refractivity (Wildman–Crippen MR) is 92.4 cm³/mol. The third kappa shape index (κ3) is 3.26. The van der Waals surface area contributed by atoms with Crippen molar-refractivity contribution in [3.63, 3.8) is 0 Å². The van der Waals surface area contributed by atoms with Crippen LogP contribution in [0.3, 0.4) is 0 Å².